The predicted octanol–water partition coefficient (Wildman–Crippen LogP) is 2.22. The Morgan fingerprint density at radius 3 is 1.77 bits per heavy atom. The van der Waals surface area contributed by atoms with Crippen LogP contribution in [0.2, 0.25) is 0 Å². The van der Waals surface area contributed by atoms with Crippen LogP contribution in [-0.2, 0) is 9.59 Å². The van der Waals surface area contributed by atoms with Gasteiger partial charge in [0.05, 0.1) is 0 Å². The summed E-state index contributed by atoms with van der Waals surface area (Å²) in [5.41, 5.74) is 0.873. The number of hydrogen-bond acceptors (Lipinski definition) is 2. The monoisotopic (exact) mass is 178 g/mol. The molecule has 0 heterocycles. The van der Waals surface area contributed by atoms with E-state index in [1.165, 1.54) is 19.9 Å². The van der Waals surface area contributed by atoms with Crippen molar-refractivity contribution in [1.29, 1.82) is 0 Å². The van der Waals surface area contributed by atoms with Crippen molar-refractivity contribution in [2.45, 2.75) is 20.8 Å². The quantitative estimate of drug-likeness (QED) is 0.488. The molecule has 0 aromatic rings. The molecule has 0 aromatic heterocycles. The van der Waals surface area contributed by atoms with Crippen molar-refractivity contribution in [3.05, 3.63) is 36.0 Å². The fraction of sp³-hybridized carbons (Fsp3) is 0.273. The minimum absolute atomic E-state index is 0.106. The molecule has 0 aliphatic carbocycles. The average Bonchev–Trinajstić information content (AvgIpc) is 2.03. The molecule has 0 spiro atoms. The summed E-state index contributed by atoms with van der Waals surface area (Å²) >= 11 is 0. The van der Waals surface area contributed by atoms with E-state index < -0.39 is 0 Å². The van der Waals surface area contributed by atoms with Gasteiger partial charge in [0.25, 0.3) is 0 Å². The number of Topliss-reactive ketones (excluding diaryl/α,β-unsaturated/α-hetero) is 2. The molecule has 2 heteroatoms. The molecule has 0 aliphatic rings. The first kappa shape index (κ1) is 11.6. The predicted molar refractivity (Wildman–Crippen MR) is 53.4 cm³/mol. The fourth-order valence-electron chi connectivity index (χ4n) is 1.06. The van der Waals surface area contributed by atoms with Crippen LogP contribution in [0, 0.1) is 0 Å². The van der Waals surface area contributed by atoms with Crippen LogP contribution in [0.4, 0.5) is 0 Å². The van der Waals surface area contributed by atoms with E-state index in [0.29, 0.717) is 11.1 Å². The van der Waals surface area contributed by atoms with Crippen LogP contribution < -0.4 is 0 Å². The van der Waals surface area contributed by atoms with E-state index in [4.69, 9.17) is 0 Å². The van der Waals surface area contributed by atoms with E-state index in [1.54, 1.807) is 19.1 Å². The van der Waals surface area contributed by atoms with Gasteiger partial charge in [0.15, 0.2) is 11.6 Å². The lowest BCUT2D eigenvalue weighted by Crippen LogP contribution is -2.06. The van der Waals surface area contributed by atoms with Gasteiger partial charge in [0, 0.05) is 11.1 Å². The van der Waals surface area contributed by atoms with Gasteiger partial charge in [-0.15, -0.1) is 0 Å². The first-order valence-corrected chi connectivity index (χ1v) is 4.05. The van der Waals surface area contributed by atoms with Gasteiger partial charge in [-0.1, -0.05) is 24.8 Å². The van der Waals surface area contributed by atoms with Crippen molar-refractivity contribution in [3.8, 4) is 0 Å². The van der Waals surface area contributed by atoms with Gasteiger partial charge in [-0.2, -0.15) is 0 Å². The molecule has 0 saturated carbocycles. The number of carbonyl (C=O) groups is 2. The molecule has 70 valence electrons. The number of hydrogen-bond donors (Lipinski definition) is 0. The minimum Gasteiger partial charge on any atom is -0.294 e. The first-order valence-electron chi connectivity index (χ1n) is 4.05. The number of ketones is 2. The van der Waals surface area contributed by atoms with Crippen molar-refractivity contribution in [1.82, 2.24) is 0 Å². The Morgan fingerprint density at radius 1 is 1.08 bits per heavy atom. The highest BCUT2D eigenvalue weighted by atomic mass is 16.1. The minimum atomic E-state index is -0.122. The highest BCUT2D eigenvalue weighted by Gasteiger charge is 2.12. The summed E-state index contributed by atoms with van der Waals surface area (Å²) in [7, 11) is 0. The molecule has 0 saturated heterocycles. The maximum atomic E-state index is 11.1. The van der Waals surface area contributed by atoms with Gasteiger partial charge in [-0.3, -0.25) is 9.59 Å². The average molecular weight is 178 g/mol. The highest BCUT2D eigenvalue weighted by Crippen LogP contribution is 2.12. The summed E-state index contributed by atoms with van der Waals surface area (Å²) in [4.78, 5) is 22.2. The zero-order valence-corrected chi connectivity index (χ0v) is 8.26. The molecular formula is C11H14O2. The zero-order chi connectivity index (χ0) is 10.4. The molecule has 13 heavy (non-hydrogen) atoms. The summed E-state index contributed by atoms with van der Waals surface area (Å²) in [5, 5.41) is 0. The second-order valence-electron chi connectivity index (χ2n) is 2.63. The van der Waals surface area contributed by atoms with Crippen molar-refractivity contribution in [2.24, 2.45) is 0 Å². The Bertz CT molecular complexity index is 293. The lowest BCUT2D eigenvalue weighted by Gasteiger charge is -2.03. The summed E-state index contributed by atoms with van der Waals surface area (Å²) < 4.78 is 0. The van der Waals surface area contributed by atoms with Crippen molar-refractivity contribution in [2.75, 3.05) is 0 Å². The van der Waals surface area contributed by atoms with Gasteiger partial charge in [-0.25, -0.2) is 0 Å². The van der Waals surface area contributed by atoms with E-state index in [-0.39, 0.29) is 11.6 Å². The molecule has 0 aliphatic heterocycles. The van der Waals surface area contributed by atoms with Crippen LogP contribution in [0.1, 0.15) is 20.8 Å². The Kier molecular flexibility index (Phi) is 4.67. The molecule has 0 bridgehead atoms. The third kappa shape index (κ3) is 3.20. The zero-order valence-electron chi connectivity index (χ0n) is 8.26. The number of rotatable bonds is 4. The maximum absolute atomic E-state index is 11.1. The largest absolute Gasteiger partial charge is 0.294 e. The molecule has 0 aromatic carbocycles. The molecule has 0 radical (unpaired) electrons. The van der Waals surface area contributed by atoms with Gasteiger partial charge in [0.1, 0.15) is 0 Å². The topological polar surface area (TPSA) is 34.1 Å². The third-order valence-electron chi connectivity index (χ3n) is 1.62. The maximum Gasteiger partial charge on any atom is 0.160 e. The van der Waals surface area contributed by atoms with Crippen LogP contribution >= 0.6 is 0 Å². The van der Waals surface area contributed by atoms with Crippen molar-refractivity contribution in [3.63, 3.8) is 0 Å². The normalized spacial score (nSPS) is 12.5. The Hall–Kier alpha value is -1.44. The van der Waals surface area contributed by atoms with E-state index in [0.717, 1.165) is 0 Å². The second-order valence-corrected chi connectivity index (χ2v) is 2.63. The van der Waals surface area contributed by atoms with E-state index in [2.05, 4.69) is 6.58 Å². The lowest BCUT2D eigenvalue weighted by molar-refractivity contribution is -0.116. The SMILES string of the molecule is C=C/C=C(C(C)=O)\C(=C/C)C(C)=O. The molecule has 0 fully saturated rings. The Morgan fingerprint density at radius 2 is 1.54 bits per heavy atom. The summed E-state index contributed by atoms with van der Waals surface area (Å²) in [6.07, 6.45) is 4.70. The Labute approximate surface area is 78.6 Å². The molecule has 0 N–H and O–H groups in total. The lowest BCUT2D eigenvalue weighted by atomic mass is 9.99. The van der Waals surface area contributed by atoms with Gasteiger partial charge in [-0.05, 0) is 20.8 Å². The van der Waals surface area contributed by atoms with Crippen LogP contribution in [-0.4, -0.2) is 11.6 Å². The van der Waals surface area contributed by atoms with Gasteiger partial charge in [0.2, 0.25) is 0 Å². The summed E-state index contributed by atoms with van der Waals surface area (Å²) in [5.74, 6) is -0.228. The standard InChI is InChI=1S/C11H14O2/c1-5-7-11(9(4)13)10(6-2)8(3)12/h5-7H,1H2,2-4H3/b10-6-,11-7-. The van der Waals surface area contributed by atoms with Crippen LogP contribution in [0.25, 0.3) is 0 Å². The summed E-state index contributed by atoms with van der Waals surface area (Å²) in [6.45, 7) is 8.10. The van der Waals surface area contributed by atoms with Crippen molar-refractivity contribution >= 4 is 11.6 Å². The number of carbonyl (C=O) groups excluding carboxylic acids is 2. The fourth-order valence-corrected chi connectivity index (χ4v) is 1.06. The first-order chi connectivity index (χ1) is 6.04. The smallest absolute Gasteiger partial charge is 0.160 e. The molecule has 0 atom stereocenters. The van der Waals surface area contributed by atoms with E-state index in [9.17, 15) is 9.59 Å². The molecule has 0 amide bonds. The van der Waals surface area contributed by atoms with Gasteiger partial charge >= 0.3 is 0 Å². The van der Waals surface area contributed by atoms with Crippen LogP contribution in [0.3, 0.4) is 0 Å². The summed E-state index contributed by atoms with van der Waals surface area (Å²) in [6, 6.07) is 0. The van der Waals surface area contributed by atoms with Crippen LogP contribution in [0.5, 0.6) is 0 Å². The van der Waals surface area contributed by atoms with Crippen molar-refractivity contribution < 1.29 is 9.59 Å². The molecule has 0 rings (SSSR count). The third-order valence-corrected chi connectivity index (χ3v) is 1.62. The molecule has 0 unspecified atom stereocenters. The van der Waals surface area contributed by atoms with Crippen LogP contribution in [0.15, 0.2) is 36.0 Å². The van der Waals surface area contributed by atoms with Gasteiger partial charge < -0.3 is 0 Å². The highest BCUT2D eigenvalue weighted by molar-refractivity contribution is 6.10. The second kappa shape index (κ2) is 5.25. The molecular weight excluding hydrogens is 164 g/mol. The molecule has 2 nitrogen and oxygen atoms in total. The van der Waals surface area contributed by atoms with E-state index in [1.807, 2.05) is 0 Å². The Balaban J connectivity index is 5.17. The van der Waals surface area contributed by atoms with E-state index >= 15 is 0 Å². The number of allylic oxidation sites excluding steroid dienone is 5.